The van der Waals surface area contributed by atoms with Gasteiger partial charge in [-0.15, -0.1) is 11.3 Å². The second kappa shape index (κ2) is 7.31. The number of aromatic nitrogens is 3. The van der Waals surface area contributed by atoms with Crippen molar-refractivity contribution in [1.82, 2.24) is 19.9 Å². The molecule has 3 heterocycles. The molecule has 132 valence electrons. The molecule has 1 fully saturated rings. The van der Waals surface area contributed by atoms with Gasteiger partial charge in [-0.2, -0.15) is 0 Å². The molecule has 2 aromatic heterocycles. The van der Waals surface area contributed by atoms with E-state index in [1.165, 1.54) is 11.0 Å². The molecule has 3 rings (SSSR count). The molecule has 0 unspecified atom stereocenters. The number of hydrogen-bond acceptors (Lipinski definition) is 6. The Balaban J connectivity index is 1.89. The molecule has 1 aliphatic rings. The van der Waals surface area contributed by atoms with Crippen LogP contribution in [0.1, 0.15) is 47.4 Å². The molecule has 1 N–H and O–H groups in total. The fraction of sp³-hybridized carbons (Fsp3) is 0.444. The minimum Gasteiger partial charge on any atom is -0.329 e. The van der Waals surface area contributed by atoms with Gasteiger partial charge in [0.05, 0.1) is 11.7 Å². The molecule has 2 aromatic rings. The molecule has 6 nitrogen and oxygen atoms in total. The van der Waals surface area contributed by atoms with E-state index >= 15 is 0 Å². The van der Waals surface area contributed by atoms with Gasteiger partial charge in [0.15, 0.2) is 11.0 Å². The second-order valence-electron chi connectivity index (χ2n) is 6.29. The number of anilines is 2. The predicted molar refractivity (Wildman–Crippen MR) is 100 cm³/mol. The van der Waals surface area contributed by atoms with Crippen LogP contribution in [-0.2, 0) is 4.79 Å². The zero-order chi connectivity index (χ0) is 18.0. The maximum absolute atomic E-state index is 12.2. The Morgan fingerprint density at radius 2 is 2.12 bits per heavy atom. The van der Waals surface area contributed by atoms with Crippen molar-refractivity contribution < 1.29 is 4.79 Å². The van der Waals surface area contributed by atoms with E-state index in [-0.39, 0.29) is 11.9 Å². The molecule has 25 heavy (non-hydrogen) atoms. The number of nitrogens with zero attached hydrogens (tertiary/aromatic N) is 4. The Hall–Kier alpha value is -2.28. The van der Waals surface area contributed by atoms with E-state index in [9.17, 15) is 4.79 Å². The van der Waals surface area contributed by atoms with Crippen LogP contribution in [0.5, 0.6) is 0 Å². The number of carbonyl (C=O) groups excluding carboxylic acids is 1. The van der Waals surface area contributed by atoms with Crippen LogP contribution >= 0.6 is 11.3 Å². The van der Waals surface area contributed by atoms with E-state index in [2.05, 4.69) is 33.8 Å². The zero-order valence-electron chi connectivity index (χ0n) is 14.9. The number of nitrogens with one attached hydrogen (secondary N) is 1. The highest BCUT2D eigenvalue weighted by Gasteiger charge is 2.29. The zero-order valence-corrected chi connectivity index (χ0v) is 15.7. The van der Waals surface area contributed by atoms with Gasteiger partial charge in [-0.25, -0.2) is 15.0 Å². The lowest BCUT2D eigenvalue weighted by molar-refractivity contribution is -0.129. The molecule has 1 amide bonds. The van der Waals surface area contributed by atoms with Crippen molar-refractivity contribution in [2.24, 2.45) is 0 Å². The van der Waals surface area contributed by atoms with E-state index in [1.807, 2.05) is 24.8 Å². The third-order valence-corrected chi connectivity index (χ3v) is 5.38. The molecular weight excluding hydrogens is 334 g/mol. The van der Waals surface area contributed by atoms with Crippen LogP contribution < -0.4 is 5.32 Å². The minimum atomic E-state index is -0.0977. The first-order chi connectivity index (χ1) is 12.0. The Labute approximate surface area is 152 Å². The number of carbonyl (C=O) groups is 1. The van der Waals surface area contributed by atoms with Crippen LogP contribution in [-0.4, -0.2) is 32.3 Å². The molecule has 1 aliphatic heterocycles. The smallest absolute Gasteiger partial charge is 0.246 e. The largest absolute Gasteiger partial charge is 0.329 e. The number of piperidine rings is 1. The normalized spacial score (nSPS) is 17.4. The average molecular weight is 357 g/mol. The maximum Gasteiger partial charge on any atom is 0.246 e. The van der Waals surface area contributed by atoms with Gasteiger partial charge >= 0.3 is 0 Å². The summed E-state index contributed by atoms with van der Waals surface area (Å²) in [6.07, 6.45) is 4.31. The number of thiazole rings is 1. The molecule has 0 saturated carbocycles. The predicted octanol–water partition coefficient (Wildman–Crippen LogP) is 3.84. The van der Waals surface area contributed by atoms with Crippen molar-refractivity contribution in [3.63, 3.8) is 0 Å². The Morgan fingerprint density at radius 1 is 1.32 bits per heavy atom. The first kappa shape index (κ1) is 17.5. The quantitative estimate of drug-likeness (QED) is 0.842. The summed E-state index contributed by atoms with van der Waals surface area (Å²) < 4.78 is 0. The summed E-state index contributed by atoms with van der Waals surface area (Å²) in [4.78, 5) is 29.0. The third kappa shape index (κ3) is 3.87. The van der Waals surface area contributed by atoms with Crippen LogP contribution in [0.3, 0.4) is 0 Å². The Morgan fingerprint density at radius 3 is 2.80 bits per heavy atom. The maximum atomic E-state index is 12.2. The van der Waals surface area contributed by atoms with Gasteiger partial charge in [0.1, 0.15) is 5.82 Å². The van der Waals surface area contributed by atoms with E-state index in [1.54, 1.807) is 11.3 Å². The summed E-state index contributed by atoms with van der Waals surface area (Å²) in [7, 11) is 0. The molecule has 0 radical (unpaired) electrons. The summed E-state index contributed by atoms with van der Waals surface area (Å²) in [5, 5.41) is 4.10. The SMILES string of the molecule is C=CC(=O)N1CCCC[C@H]1c1nc(C)cc(Nc2nc(C)c(C)s2)n1. The summed E-state index contributed by atoms with van der Waals surface area (Å²) in [6, 6.07) is 1.80. The monoisotopic (exact) mass is 357 g/mol. The first-order valence-electron chi connectivity index (χ1n) is 8.47. The second-order valence-corrected chi connectivity index (χ2v) is 7.49. The van der Waals surface area contributed by atoms with E-state index < -0.39 is 0 Å². The lowest BCUT2D eigenvalue weighted by Gasteiger charge is -2.34. The summed E-state index contributed by atoms with van der Waals surface area (Å²) in [6.45, 7) is 10.3. The van der Waals surface area contributed by atoms with E-state index in [0.29, 0.717) is 11.6 Å². The molecule has 1 atom stereocenters. The van der Waals surface area contributed by atoms with Crippen molar-refractivity contribution in [3.05, 3.63) is 40.8 Å². The van der Waals surface area contributed by atoms with Crippen LogP contribution in [0.4, 0.5) is 10.9 Å². The lowest BCUT2D eigenvalue weighted by Crippen LogP contribution is -2.38. The number of aryl methyl sites for hydroxylation is 3. The number of hydrogen-bond donors (Lipinski definition) is 1. The summed E-state index contributed by atoms with van der Waals surface area (Å²) in [5.41, 5.74) is 1.89. The lowest BCUT2D eigenvalue weighted by atomic mass is 10.0. The van der Waals surface area contributed by atoms with Crippen LogP contribution in [0.15, 0.2) is 18.7 Å². The van der Waals surface area contributed by atoms with Crippen molar-refractivity contribution in [2.45, 2.75) is 46.1 Å². The van der Waals surface area contributed by atoms with Gasteiger partial charge in [0, 0.05) is 23.2 Å². The van der Waals surface area contributed by atoms with Gasteiger partial charge < -0.3 is 10.2 Å². The van der Waals surface area contributed by atoms with Crippen molar-refractivity contribution >= 4 is 28.2 Å². The molecular formula is C18H23N5OS. The van der Waals surface area contributed by atoms with Crippen molar-refractivity contribution in [1.29, 1.82) is 0 Å². The Kier molecular flexibility index (Phi) is 5.13. The molecule has 0 spiro atoms. The van der Waals surface area contributed by atoms with E-state index in [4.69, 9.17) is 0 Å². The molecule has 7 heteroatoms. The standard InChI is InChI=1S/C18H23N5OS/c1-5-16(24)23-9-7-6-8-14(23)17-19-11(2)10-15(21-17)22-18-20-12(3)13(4)25-18/h5,10,14H,1,6-9H2,2-4H3,(H,19,20,21,22)/t14-/m0/s1. The number of rotatable bonds is 4. The Bertz CT molecular complexity index is 781. The van der Waals surface area contributed by atoms with Gasteiger partial charge in [-0.3, -0.25) is 4.79 Å². The number of amides is 1. The molecule has 0 aliphatic carbocycles. The topological polar surface area (TPSA) is 71.0 Å². The van der Waals surface area contributed by atoms with E-state index in [0.717, 1.165) is 42.3 Å². The summed E-state index contributed by atoms with van der Waals surface area (Å²) in [5.74, 6) is 1.34. The molecule has 0 aromatic carbocycles. The highest BCUT2D eigenvalue weighted by molar-refractivity contribution is 7.15. The highest BCUT2D eigenvalue weighted by atomic mass is 32.1. The molecule has 1 saturated heterocycles. The van der Waals surface area contributed by atoms with Crippen LogP contribution in [0.25, 0.3) is 0 Å². The fourth-order valence-electron chi connectivity index (χ4n) is 3.02. The highest BCUT2D eigenvalue weighted by Crippen LogP contribution is 2.31. The minimum absolute atomic E-state index is 0.0597. The number of likely N-dealkylation sites (tertiary alicyclic amines) is 1. The van der Waals surface area contributed by atoms with Gasteiger partial charge in [-0.1, -0.05) is 6.58 Å². The van der Waals surface area contributed by atoms with Gasteiger partial charge in [-0.05, 0) is 46.1 Å². The van der Waals surface area contributed by atoms with Crippen LogP contribution in [0.2, 0.25) is 0 Å². The molecule has 0 bridgehead atoms. The average Bonchev–Trinajstić information content (AvgIpc) is 2.91. The van der Waals surface area contributed by atoms with Gasteiger partial charge in [0.25, 0.3) is 0 Å². The summed E-state index contributed by atoms with van der Waals surface area (Å²) >= 11 is 1.61. The first-order valence-corrected chi connectivity index (χ1v) is 9.29. The van der Waals surface area contributed by atoms with Gasteiger partial charge in [0.2, 0.25) is 5.91 Å². The third-order valence-electron chi connectivity index (χ3n) is 4.39. The van der Waals surface area contributed by atoms with Crippen molar-refractivity contribution in [3.8, 4) is 0 Å². The fourth-order valence-corrected chi connectivity index (χ4v) is 3.84. The van der Waals surface area contributed by atoms with Crippen molar-refractivity contribution in [2.75, 3.05) is 11.9 Å². The van der Waals surface area contributed by atoms with Crippen LogP contribution in [0, 0.1) is 20.8 Å².